The van der Waals surface area contributed by atoms with Crippen molar-refractivity contribution in [3.8, 4) is 0 Å². The van der Waals surface area contributed by atoms with Crippen LogP contribution in [0.4, 0.5) is 0 Å². The molecule has 67 heavy (non-hydrogen) atoms. The first kappa shape index (κ1) is 62.9. The molecular weight excluding hydrogens is 914 g/mol. The molecule has 1 fully saturated rings. The minimum absolute atomic E-state index is 0.0181. The van der Waals surface area contributed by atoms with E-state index in [1.165, 1.54) is 51.4 Å². The Bertz CT molecular complexity index is 1520. The van der Waals surface area contributed by atoms with Crippen molar-refractivity contribution in [3.63, 3.8) is 0 Å². The van der Waals surface area contributed by atoms with Gasteiger partial charge in [-0.1, -0.05) is 133 Å². The maximum atomic E-state index is 13.0. The van der Waals surface area contributed by atoms with Gasteiger partial charge in [-0.25, -0.2) is 9.13 Å². The number of hydrogen-bond donors (Lipinski definition) is 9. The number of aliphatic hydroxyl groups is 6. The van der Waals surface area contributed by atoms with Crippen molar-refractivity contribution in [1.29, 1.82) is 0 Å². The average Bonchev–Trinajstić information content (AvgIpc) is 3.28. The molecule has 0 saturated heterocycles. The van der Waals surface area contributed by atoms with E-state index in [-0.39, 0.29) is 32.1 Å². The summed E-state index contributed by atoms with van der Waals surface area (Å²) in [5, 5.41) is 62.0. The fourth-order valence-electron chi connectivity index (χ4n) is 7.19. The van der Waals surface area contributed by atoms with Crippen molar-refractivity contribution in [2.45, 2.75) is 223 Å². The van der Waals surface area contributed by atoms with Crippen molar-refractivity contribution in [2.75, 3.05) is 13.2 Å². The number of hydrogen-bond acceptors (Lipinski definition) is 15. The number of carbonyl (C=O) groups is 2. The number of allylic oxidation sites excluding steroid dienone is 7. The molecule has 0 spiro atoms. The largest absolute Gasteiger partial charge is 0.472 e. The second-order valence-electron chi connectivity index (χ2n) is 17.1. The van der Waals surface area contributed by atoms with Gasteiger partial charge in [-0.15, -0.1) is 0 Å². The third-order valence-corrected chi connectivity index (χ3v) is 12.6. The summed E-state index contributed by atoms with van der Waals surface area (Å²) in [7, 11) is -10.8. The van der Waals surface area contributed by atoms with Crippen molar-refractivity contribution >= 4 is 27.6 Å². The third-order valence-electron chi connectivity index (χ3n) is 11.1. The van der Waals surface area contributed by atoms with Gasteiger partial charge in [0.05, 0.1) is 18.8 Å². The highest BCUT2D eigenvalue weighted by Crippen LogP contribution is 2.49. The second kappa shape index (κ2) is 37.7. The van der Waals surface area contributed by atoms with E-state index in [0.717, 1.165) is 57.8 Å². The Hall–Kier alpha value is -2.12. The van der Waals surface area contributed by atoms with Crippen LogP contribution >= 0.6 is 15.6 Å². The third kappa shape index (κ3) is 31.7. The van der Waals surface area contributed by atoms with Gasteiger partial charge in [0.25, 0.3) is 0 Å². The highest BCUT2D eigenvalue weighted by molar-refractivity contribution is 7.47. The first-order valence-electron chi connectivity index (χ1n) is 24.3. The second-order valence-corrected chi connectivity index (χ2v) is 19.7. The fraction of sp³-hybridized carbons (Fsp3) is 0.787. The molecule has 0 aliphatic heterocycles. The molecule has 20 heteroatoms. The summed E-state index contributed by atoms with van der Waals surface area (Å²) < 4.78 is 49.2. The van der Waals surface area contributed by atoms with Gasteiger partial charge in [0.1, 0.15) is 43.2 Å². The van der Waals surface area contributed by atoms with E-state index in [1.54, 1.807) is 6.08 Å². The van der Waals surface area contributed by atoms with E-state index in [2.05, 4.69) is 48.8 Å². The smallest absolute Gasteiger partial charge is 0.462 e. The Morgan fingerprint density at radius 2 is 1.06 bits per heavy atom. The van der Waals surface area contributed by atoms with Crippen LogP contribution in [0.25, 0.3) is 0 Å². The SMILES string of the molecule is CC/C=C\CCCCCCCCCCCCCC(=O)O[C@H](COC(=O)CCCC(O)C(O)C/C=C\C/C=C\C/C=C\CCCCC)COP(=O)(O)O[C@H]1C(O)C(O)C(O)[C@@H](OP(=O)(O)O)C1O. The molecule has 0 amide bonds. The fourth-order valence-corrected chi connectivity index (χ4v) is 8.73. The number of rotatable bonds is 40. The van der Waals surface area contributed by atoms with Gasteiger partial charge in [0.15, 0.2) is 6.10 Å². The van der Waals surface area contributed by atoms with Crippen LogP contribution in [-0.2, 0) is 41.8 Å². The Labute approximate surface area is 398 Å². The van der Waals surface area contributed by atoms with Gasteiger partial charge in [-0.2, -0.15) is 0 Å². The highest BCUT2D eigenvalue weighted by atomic mass is 31.2. The number of aliphatic hydroxyl groups excluding tert-OH is 6. The molecule has 1 rings (SSSR count). The van der Waals surface area contributed by atoms with Crippen LogP contribution < -0.4 is 0 Å². The van der Waals surface area contributed by atoms with E-state index in [9.17, 15) is 64.0 Å². The van der Waals surface area contributed by atoms with Crippen LogP contribution in [0.15, 0.2) is 48.6 Å². The molecule has 1 aliphatic rings. The zero-order chi connectivity index (χ0) is 49.9. The van der Waals surface area contributed by atoms with Crippen molar-refractivity contribution < 1.29 is 87.1 Å². The summed E-state index contributed by atoms with van der Waals surface area (Å²) in [6, 6.07) is 0. The number of esters is 2. The lowest BCUT2D eigenvalue weighted by atomic mass is 9.85. The molecule has 0 aromatic carbocycles. The lowest BCUT2D eigenvalue weighted by Gasteiger charge is -2.43. The summed E-state index contributed by atoms with van der Waals surface area (Å²) in [5.74, 6) is -1.49. The van der Waals surface area contributed by atoms with Gasteiger partial charge >= 0.3 is 27.6 Å². The Morgan fingerprint density at radius 3 is 1.64 bits per heavy atom. The number of unbranched alkanes of at least 4 members (excludes halogenated alkanes) is 14. The molecule has 1 aliphatic carbocycles. The van der Waals surface area contributed by atoms with E-state index < -0.39 is 95.7 Å². The zero-order valence-electron chi connectivity index (χ0n) is 39.8. The molecule has 10 atom stereocenters. The average molecular weight is 999 g/mol. The van der Waals surface area contributed by atoms with Gasteiger partial charge in [-0.05, 0) is 70.6 Å². The van der Waals surface area contributed by atoms with Gasteiger partial charge < -0.3 is 54.8 Å². The minimum Gasteiger partial charge on any atom is -0.462 e. The first-order chi connectivity index (χ1) is 31.9. The van der Waals surface area contributed by atoms with E-state index >= 15 is 0 Å². The summed E-state index contributed by atoms with van der Waals surface area (Å²) in [5.41, 5.74) is 0. The monoisotopic (exact) mass is 999 g/mol. The molecule has 0 bridgehead atoms. The first-order valence-corrected chi connectivity index (χ1v) is 27.4. The minimum atomic E-state index is -5.40. The quantitative estimate of drug-likeness (QED) is 0.0127. The lowest BCUT2D eigenvalue weighted by Crippen LogP contribution is -2.64. The van der Waals surface area contributed by atoms with Crippen LogP contribution in [0.3, 0.4) is 0 Å². The summed E-state index contributed by atoms with van der Waals surface area (Å²) in [4.78, 5) is 54.4. The van der Waals surface area contributed by atoms with Crippen LogP contribution in [0.5, 0.6) is 0 Å². The summed E-state index contributed by atoms with van der Waals surface area (Å²) in [6.07, 6.45) is 19.4. The molecule has 9 N–H and O–H groups in total. The molecule has 0 radical (unpaired) electrons. The van der Waals surface area contributed by atoms with Crippen molar-refractivity contribution in [2.24, 2.45) is 0 Å². The molecule has 0 aromatic rings. The predicted octanol–water partition coefficient (Wildman–Crippen LogP) is 7.23. The summed E-state index contributed by atoms with van der Waals surface area (Å²) >= 11 is 0. The Balaban J connectivity index is 2.68. The number of phosphoric acid groups is 2. The maximum absolute atomic E-state index is 13.0. The normalized spacial score (nSPS) is 22.7. The molecular formula is C47H84O18P2. The molecule has 390 valence electrons. The van der Waals surface area contributed by atoms with E-state index in [4.69, 9.17) is 18.5 Å². The number of ether oxygens (including phenoxy) is 2. The van der Waals surface area contributed by atoms with Crippen molar-refractivity contribution in [1.82, 2.24) is 0 Å². The number of carbonyl (C=O) groups excluding carboxylic acids is 2. The molecule has 0 aromatic heterocycles. The zero-order valence-corrected chi connectivity index (χ0v) is 41.6. The number of phosphoric ester groups is 2. The Morgan fingerprint density at radius 1 is 0.552 bits per heavy atom. The topological polar surface area (TPSA) is 296 Å². The standard InChI is InChI=1S/C47H84O18P2/c1-3-5-7-9-11-13-15-17-18-19-21-23-25-27-29-33-41(51)63-37(36-62-67(59,60)65-47-44(54)42(52)43(53)46(45(47)55)64-66(56,57)58)35-61-40(50)34-30-32-39(49)38(48)31-28-26-24-22-20-16-14-12-10-8-6-4-2/h5,7,12,14,20,22,26,28,37-39,42-49,52-55H,3-4,6,8-11,13,15-19,21,23-25,27,29-36H2,1-2H3,(H,59,60)(H2,56,57,58)/b7-5-,14-12-,22-20-,28-26-/t37-,38?,39?,42?,43?,44?,45?,46-,47+/m1/s1. The lowest BCUT2D eigenvalue weighted by molar-refractivity contribution is -0.216. The van der Waals surface area contributed by atoms with Crippen LogP contribution in [0.1, 0.15) is 168 Å². The van der Waals surface area contributed by atoms with E-state index in [0.29, 0.717) is 12.8 Å². The van der Waals surface area contributed by atoms with Gasteiger partial charge in [-0.3, -0.25) is 23.2 Å². The van der Waals surface area contributed by atoms with Crippen molar-refractivity contribution in [3.05, 3.63) is 48.6 Å². The van der Waals surface area contributed by atoms with Gasteiger partial charge in [0, 0.05) is 12.8 Å². The highest BCUT2D eigenvalue weighted by Gasteiger charge is 2.54. The van der Waals surface area contributed by atoms with Gasteiger partial charge in [0.2, 0.25) is 0 Å². The maximum Gasteiger partial charge on any atom is 0.472 e. The molecule has 7 unspecified atom stereocenters. The van der Waals surface area contributed by atoms with E-state index in [1.807, 2.05) is 12.2 Å². The van der Waals surface area contributed by atoms with Crippen LogP contribution in [0, 0.1) is 0 Å². The molecule has 1 saturated carbocycles. The Kier molecular flexibility index (Phi) is 35.4. The molecule has 18 nitrogen and oxygen atoms in total. The van der Waals surface area contributed by atoms with Crippen LogP contribution in [0.2, 0.25) is 0 Å². The summed E-state index contributed by atoms with van der Waals surface area (Å²) in [6.45, 7) is 2.75. The van der Waals surface area contributed by atoms with Crippen LogP contribution in [-0.4, -0.2) is 125 Å². The molecule has 0 heterocycles. The predicted molar refractivity (Wildman–Crippen MR) is 253 cm³/mol.